The SMILES string of the molecule is FC(F)(F)C1=NN(c2cc(Br)c3ccccc3c2)C=CC1c1ccccc1Br. The maximum absolute atomic E-state index is 13.8. The second-order valence-electron chi connectivity index (χ2n) is 6.32. The van der Waals surface area contributed by atoms with Gasteiger partial charge in [-0.05, 0) is 34.5 Å². The fourth-order valence-corrected chi connectivity index (χ4v) is 4.33. The number of nitrogens with zero attached hydrogens (tertiary/aromatic N) is 2. The standard InChI is InChI=1S/C21H13Br2F3N2/c22-18-8-4-3-7-16(18)17-9-10-28(27-20(17)21(24,25)26)14-11-13-5-1-2-6-15(13)19(23)12-14/h1-12,17H. The van der Waals surface area contributed by atoms with Crippen LogP contribution in [-0.4, -0.2) is 11.9 Å². The molecule has 7 heteroatoms. The van der Waals surface area contributed by atoms with Crippen LogP contribution in [0.15, 0.2) is 87.0 Å². The summed E-state index contributed by atoms with van der Waals surface area (Å²) in [5, 5.41) is 7.14. The van der Waals surface area contributed by atoms with Gasteiger partial charge in [-0.2, -0.15) is 18.3 Å². The van der Waals surface area contributed by atoms with Crippen molar-refractivity contribution >= 4 is 54.0 Å². The molecule has 2 nitrogen and oxygen atoms in total. The molecule has 3 aromatic rings. The normalized spacial score (nSPS) is 17.1. The number of hydrogen-bond acceptors (Lipinski definition) is 2. The summed E-state index contributed by atoms with van der Waals surface area (Å²) in [6.45, 7) is 0. The molecule has 0 radical (unpaired) electrons. The monoisotopic (exact) mass is 508 g/mol. The summed E-state index contributed by atoms with van der Waals surface area (Å²) in [6.07, 6.45) is -1.45. The quantitative estimate of drug-likeness (QED) is 0.351. The molecule has 0 spiro atoms. The zero-order valence-electron chi connectivity index (χ0n) is 14.3. The molecule has 0 saturated heterocycles. The van der Waals surface area contributed by atoms with Gasteiger partial charge in [0.2, 0.25) is 0 Å². The van der Waals surface area contributed by atoms with Crippen LogP contribution >= 0.6 is 31.9 Å². The van der Waals surface area contributed by atoms with Crippen LogP contribution in [0.4, 0.5) is 18.9 Å². The second-order valence-corrected chi connectivity index (χ2v) is 8.03. The van der Waals surface area contributed by atoms with Gasteiger partial charge < -0.3 is 0 Å². The van der Waals surface area contributed by atoms with Crippen LogP contribution in [0.5, 0.6) is 0 Å². The highest BCUT2D eigenvalue weighted by Gasteiger charge is 2.43. The first kappa shape index (κ1) is 19.2. The largest absolute Gasteiger partial charge is 0.432 e. The Balaban J connectivity index is 1.80. The van der Waals surface area contributed by atoms with Crippen LogP contribution in [-0.2, 0) is 0 Å². The van der Waals surface area contributed by atoms with Gasteiger partial charge in [0.05, 0.1) is 11.6 Å². The molecule has 1 aliphatic rings. The third kappa shape index (κ3) is 3.61. The van der Waals surface area contributed by atoms with E-state index in [2.05, 4.69) is 37.0 Å². The lowest BCUT2D eigenvalue weighted by Crippen LogP contribution is -2.34. The van der Waals surface area contributed by atoms with Crippen LogP contribution in [0.3, 0.4) is 0 Å². The Morgan fingerprint density at radius 2 is 1.61 bits per heavy atom. The molecule has 0 aliphatic carbocycles. The van der Waals surface area contributed by atoms with E-state index in [9.17, 15) is 13.2 Å². The molecule has 4 rings (SSSR count). The average molecular weight is 510 g/mol. The Morgan fingerprint density at radius 1 is 0.893 bits per heavy atom. The molecule has 1 aliphatic heterocycles. The van der Waals surface area contributed by atoms with Crippen molar-refractivity contribution in [1.82, 2.24) is 0 Å². The summed E-state index contributed by atoms with van der Waals surface area (Å²) >= 11 is 6.85. The number of hydrogen-bond donors (Lipinski definition) is 0. The minimum atomic E-state index is -4.56. The van der Waals surface area contributed by atoms with Gasteiger partial charge in [-0.25, -0.2) is 5.01 Å². The third-order valence-corrected chi connectivity index (χ3v) is 5.90. The molecule has 1 unspecified atom stereocenters. The van der Waals surface area contributed by atoms with Gasteiger partial charge in [0.15, 0.2) is 5.71 Å². The fourth-order valence-electron chi connectivity index (χ4n) is 3.21. The van der Waals surface area contributed by atoms with E-state index in [1.54, 1.807) is 36.5 Å². The first-order chi connectivity index (χ1) is 13.3. The topological polar surface area (TPSA) is 15.6 Å². The molecule has 0 N–H and O–H groups in total. The first-order valence-electron chi connectivity index (χ1n) is 8.40. The number of benzene rings is 3. The van der Waals surface area contributed by atoms with E-state index in [1.807, 2.05) is 30.3 Å². The molecule has 0 fully saturated rings. The van der Waals surface area contributed by atoms with Gasteiger partial charge in [-0.1, -0.05) is 80.4 Å². The fraction of sp³-hybridized carbons (Fsp3) is 0.0952. The summed E-state index contributed by atoms with van der Waals surface area (Å²) < 4.78 is 42.9. The van der Waals surface area contributed by atoms with Gasteiger partial charge in [0.25, 0.3) is 0 Å². The van der Waals surface area contributed by atoms with Crippen LogP contribution in [0.25, 0.3) is 10.8 Å². The summed E-state index contributed by atoms with van der Waals surface area (Å²) in [5.41, 5.74) is 0.217. The van der Waals surface area contributed by atoms with Crippen molar-refractivity contribution in [2.24, 2.45) is 5.10 Å². The third-order valence-electron chi connectivity index (χ3n) is 4.52. The Morgan fingerprint density at radius 3 is 2.36 bits per heavy atom. The van der Waals surface area contributed by atoms with Crippen LogP contribution in [0.1, 0.15) is 11.5 Å². The maximum Gasteiger partial charge on any atom is 0.432 e. The molecule has 0 saturated carbocycles. The number of rotatable bonds is 2. The number of anilines is 1. The maximum atomic E-state index is 13.8. The molecule has 1 atom stereocenters. The van der Waals surface area contributed by atoms with Crippen molar-refractivity contribution in [3.05, 3.63) is 87.4 Å². The summed E-state index contributed by atoms with van der Waals surface area (Å²) in [7, 11) is 0. The van der Waals surface area contributed by atoms with Crippen LogP contribution < -0.4 is 5.01 Å². The lowest BCUT2D eigenvalue weighted by Gasteiger charge is -2.28. The van der Waals surface area contributed by atoms with Crippen molar-refractivity contribution in [2.75, 3.05) is 5.01 Å². The van der Waals surface area contributed by atoms with Crippen molar-refractivity contribution < 1.29 is 13.2 Å². The Kier molecular flexibility index (Phi) is 5.05. The molecular weight excluding hydrogens is 497 g/mol. The number of allylic oxidation sites excluding steroid dienone is 1. The van der Waals surface area contributed by atoms with E-state index in [-0.39, 0.29) is 0 Å². The van der Waals surface area contributed by atoms with Crippen molar-refractivity contribution in [1.29, 1.82) is 0 Å². The highest BCUT2D eigenvalue weighted by molar-refractivity contribution is 9.11. The Labute approximate surface area is 176 Å². The van der Waals surface area contributed by atoms with E-state index in [0.717, 1.165) is 15.2 Å². The second kappa shape index (κ2) is 7.37. The van der Waals surface area contributed by atoms with Gasteiger partial charge in [-0.15, -0.1) is 0 Å². The minimum absolute atomic E-state index is 0.522. The number of alkyl halides is 3. The molecule has 0 aromatic heterocycles. The Hall–Kier alpha value is -2.12. The lowest BCUT2D eigenvalue weighted by molar-refractivity contribution is -0.0611. The molecule has 28 heavy (non-hydrogen) atoms. The Bertz CT molecular complexity index is 1110. The van der Waals surface area contributed by atoms with Crippen molar-refractivity contribution in [2.45, 2.75) is 12.1 Å². The summed E-state index contributed by atoms with van der Waals surface area (Å²) in [5.74, 6) is -0.976. The number of halogens is 5. The van der Waals surface area contributed by atoms with Gasteiger partial charge in [-0.3, -0.25) is 0 Å². The van der Waals surface area contributed by atoms with Gasteiger partial charge >= 0.3 is 6.18 Å². The smallest absolute Gasteiger partial charge is 0.241 e. The first-order valence-corrected chi connectivity index (χ1v) is 9.99. The summed E-state index contributed by atoms with van der Waals surface area (Å²) in [6, 6.07) is 18.1. The van der Waals surface area contributed by atoms with Crippen LogP contribution in [0.2, 0.25) is 0 Å². The van der Waals surface area contributed by atoms with Crippen LogP contribution in [0, 0.1) is 0 Å². The molecule has 142 valence electrons. The van der Waals surface area contributed by atoms with E-state index < -0.39 is 17.8 Å². The van der Waals surface area contributed by atoms with Gasteiger partial charge in [0, 0.05) is 15.1 Å². The van der Waals surface area contributed by atoms with E-state index in [4.69, 9.17) is 0 Å². The predicted molar refractivity (Wildman–Crippen MR) is 114 cm³/mol. The highest BCUT2D eigenvalue weighted by Crippen LogP contribution is 2.38. The van der Waals surface area contributed by atoms with E-state index >= 15 is 0 Å². The molecule has 0 amide bonds. The molecule has 1 heterocycles. The molecule has 3 aromatic carbocycles. The number of fused-ring (bicyclic) bond motifs is 1. The summed E-state index contributed by atoms with van der Waals surface area (Å²) in [4.78, 5) is 0. The lowest BCUT2D eigenvalue weighted by atomic mass is 9.92. The zero-order chi connectivity index (χ0) is 19.9. The van der Waals surface area contributed by atoms with E-state index in [1.165, 1.54) is 11.1 Å². The van der Waals surface area contributed by atoms with Crippen molar-refractivity contribution in [3.8, 4) is 0 Å². The van der Waals surface area contributed by atoms with Gasteiger partial charge in [0.1, 0.15) is 0 Å². The average Bonchev–Trinajstić information content (AvgIpc) is 2.67. The highest BCUT2D eigenvalue weighted by atomic mass is 79.9. The zero-order valence-corrected chi connectivity index (χ0v) is 17.5. The minimum Gasteiger partial charge on any atom is -0.241 e. The molecular formula is C21H13Br2F3N2. The predicted octanol–water partition coefficient (Wildman–Crippen LogP) is 7.40. The number of hydrazone groups is 1. The molecule has 0 bridgehead atoms. The van der Waals surface area contributed by atoms with Crippen molar-refractivity contribution in [3.63, 3.8) is 0 Å². The van der Waals surface area contributed by atoms with E-state index in [0.29, 0.717) is 15.7 Å².